The predicted molar refractivity (Wildman–Crippen MR) is 92.7 cm³/mol. The molecule has 1 fully saturated rings. The van der Waals surface area contributed by atoms with Crippen LogP contribution in [0.25, 0.3) is 11.0 Å². The molecule has 2 aromatic rings. The number of guanidine groups is 1. The normalized spacial score (nSPS) is 18.5. The molecule has 1 aliphatic heterocycles. The molecule has 1 aromatic heterocycles. The first-order valence-electron chi connectivity index (χ1n) is 8.21. The SMILES string of the molecule is CCNC(=NCC1(C)COC1)NC(C)c1cc2ccccc2o1. The fourth-order valence-corrected chi connectivity index (χ4v) is 2.62. The second-order valence-electron chi connectivity index (χ2n) is 6.55. The fourth-order valence-electron chi connectivity index (χ4n) is 2.62. The highest BCUT2D eigenvalue weighted by Gasteiger charge is 2.33. The fraction of sp³-hybridized carbons (Fsp3) is 0.500. The van der Waals surface area contributed by atoms with Gasteiger partial charge >= 0.3 is 0 Å². The topological polar surface area (TPSA) is 58.8 Å². The van der Waals surface area contributed by atoms with Crippen molar-refractivity contribution in [2.75, 3.05) is 26.3 Å². The van der Waals surface area contributed by atoms with Crippen LogP contribution in [-0.2, 0) is 4.74 Å². The lowest BCUT2D eigenvalue weighted by Gasteiger charge is -2.36. The highest BCUT2D eigenvalue weighted by Crippen LogP contribution is 2.27. The Kier molecular flexibility index (Phi) is 4.57. The lowest BCUT2D eigenvalue weighted by Crippen LogP contribution is -2.44. The third kappa shape index (κ3) is 3.67. The zero-order chi connectivity index (χ0) is 16.3. The number of hydrogen-bond acceptors (Lipinski definition) is 3. The number of aliphatic imine (C=N–C) groups is 1. The van der Waals surface area contributed by atoms with E-state index in [4.69, 9.17) is 14.1 Å². The number of ether oxygens (including phenoxy) is 1. The Morgan fingerprint density at radius 2 is 2.13 bits per heavy atom. The molecule has 0 radical (unpaired) electrons. The van der Waals surface area contributed by atoms with Crippen molar-refractivity contribution in [1.29, 1.82) is 0 Å². The summed E-state index contributed by atoms with van der Waals surface area (Å²) in [4.78, 5) is 4.70. The van der Waals surface area contributed by atoms with E-state index in [0.29, 0.717) is 0 Å². The first kappa shape index (κ1) is 15.9. The van der Waals surface area contributed by atoms with E-state index >= 15 is 0 Å². The molecular weight excluding hydrogens is 290 g/mol. The van der Waals surface area contributed by atoms with Gasteiger partial charge in [0.2, 0.25) is 0 Å². The number of nitrogens with zero attached hydrogens (tertiary/aromatic N) is 1. The molecule has 1 atom stereocenters. The second-order valence-corrected chi connectivity index (χ2v) is 6.55. The average Bonchev–Trinajstić information content (AvgIpc) is 2.95. The minimum Gasteiger partial charge on any atom is -0.459 e. The Morgan fingerprint density at radius 1 is 1.35 bits per heavy atom. The van der Waals surface area contributed by atoms with Gasteiger partial charge in [-0.3, -0.25) is 4.99 Å². The maximum Gasteiger partial charge on any atom is 0.191 e. The van der Waals surface area contributed by atoms with Crippen molar-refractivity contribution >= 4 is 16.9 Å². The summed E-state index contributed by atoms with van der Waals surface area (Å²) in [5, 5.41) is 7.84. The van der Waals surface area contributed by atoms with Gasteiger partial charge in [0.05, 0.1) is 25.8 Å². The third-order valence-electron chi connectivity index (χ3n) is 4.09. The van der Waals surface area contributed by atoms with E-state index in [0.717, 1.165) is 49.0 Å². The van der Waals surface area contributed by atoms with Gasteiger partial charge in [0.1, 0.15) is 11.3 Å². The molecule has 23 heavy (non-hydrogen) atoms. The first-order chi connectivity index (χ1) is 11.1. The number of benzene rings is 1. The Hall–Kier alpha value is -2.01. The minimum atomic E-state index is 0.0469. The molecule has 0 aliphatic carbocycles. The van der Waals surface area contributed by atoms with Crippen LogP contribution in [0.5, 0.6) is 0 Å². The number of para-hydroxylation sites is 1. The van der Waals surface area contributed by atoms with Gasteiger partial charge in [-0.15, -0.1) is 0 Å². The van der Waals surface area contributed by atoms with Crippen LogP contribution < -0.4 is 10.6 Å². The smallest absolute Gasteiger partial charge is 0.191 e. The standard InChI is InChI=1S/C18H25N3O2/c1-4-19-17(20-10-18(3)11-22-12-18)21-13(2)16-9-14-7-5-6-8-15(14)23-16/h5-9,13H,4,10-12H2,1-3H3,(H2,19,20,21). The van der Waals surface area contributed by atoms with Crippen LogP contribution in [0.15, 0.2) is 39.7 Å². The van der Waals surface area contributed by atoms with Gasteiger partial charge in [0.15, 0.2) is 5.96 Å². The lowest BCUT2D eigenvalue weighted by atomic mass is 9.89. The van der Waals surface area contributed by atoms with Crippen molar-refractivity contribution in [2.45, 2.75) is 26.8 Å². The van der Waals surface area contributed by atoms with Crippen LogP contribution >= 0.6 is 0 Å². The molecular formula is C18H25N3O2. The zero-order valence-corrected chi connectivity index (χ0v) is 14.1. The Bertz CT molecular complexity index is 655. The van der Waals surface area contributed by atoms with Crippen molar-refractivity contribution in [2.24, 2.45) is 10.4 Å². The molecule has 0 saturated carbocycles. The number of furan rings is 1. The highest BCUT2D eigenvalue weighted by atomic mass is 16.5. The molecule has 2 heterocycles. The first-order valence-corrected chi connectivity index (χ1v) is 8.21. The van der Waals surface area contributed by atoms with Gasteiger partial charge in [0.25, 0.3) is 0 Å². The van der Waals surface area contributed by atoms with Crippen molar-refractivity contribution < 1.29 is 9.15 Å². The lowest BCUT2D eigenvalue weighted by molar-refractivity contribution is -0.0945. The molecule has 124 valence electrons. The van der Waals surface area contributed by atoms with Crippen LogP contribution in [0.2, 0.25) is 0 Å². The summed E-state index contributed by atoms with van der Waals surface area (Å²) in [6.45, 7) is 9.51. The van der Waals surface area contributed by atoms with Crippen molar-refractivity contribution in [3.63, 3.8) is 0 Å². The van der Waals surface area contributed by atoms with E-state index in [2.05, 4.69) is 43.5 Å². The van der Waals surface area contributed by atoms with E-state index in [-0.39, 0.29) is 11.5 Å². The predicted octanol–water partition coefficient (Wildman–Crippen LogP) is 3.09. The molecule has 1 unspecified atom stereocenters. The van der Waals surface area contributed by atoms with Gasteiger partial charge in [-0.2, -0.15) is 0 Å². The van der Waals surface area contributed by atoms with Crippen LogP contribution in [0, 0.1) is 5.41 Å². The maximum absolute atomic E-state index is 5.92. The maximum atomic E-state index is 5.92. The molecule has 1 aliphatic rings. The third-order valence-corrected chi connectivity index (χ3v) is 4.09. The van der Waals surface area contributed by atoms with Gasteiger partial charge in [-0.1, -0.05) is 25.1 Å². The van der Waals surface area contributed by atoms with Crippen molar-refractivity contribution in [1.82, 2.24) is 10.6 Å². The molecule has 3 rings (SSSR count). The Morgan fingerprint density at radius 3 is 2.78 bits per heavy atom. The minimum absolute atomic E-state index is 0.0469. The van der Waals surface area contributed by atoms with Gasteiger partial charge < -0.3 is 19.8 Å². The summed E-state index contributed by atoms with van der Waals surface area (Å²) >= 11 is 0. The largest absolute Gasteiger partial charge is 0.459 e. The molecule has 0 bridgehead atoms. The Labute approximate surface area is 137 Å². The van der Waals surface area contributed by atoms with Crippen molar-refractivity contribution in [3.8, 4) is 0 Å². The quantitative estimate of drug-likeness (QED) is 0.657. The molecule has 1 saturated heterocycles. The molecule has 0 amide bonds. The number of hydrogen-bond donors (Lipinski definition) is 2. The summed E-state index contributed by atoms with van der Waals surface area (Å²) in [7, 11) is 0. The van der Waals surface area contributed by atoms with Gasteiger partial charge in [-0.05, 0) is 26.0 Å². The second kappa shape index (κ2) is 6.62. The monoisotopic (exact) mass is 315 g/mol. The highest BCUT2D eigenvalue weighted by molar-refractivity contribution is 5.81. The summed E-state index contributed by atoms with van der Waals surface area (Å²) in [5.74, 6) is 1.73. The van der Waals surface area contributed by atoms with Gasteiger partial charge in [-0.25, -0.2) is 0 Å². The van der Waals surface area contributed by atoms with Crippen LogP contribution in [0.3, 0.4) is 0 Å². The van der Waals surface area contributed by atoms with Crippen LogP contribution in [0.1, 0.15) is 32.6 Å². The van der Waals surface area contributed by atoms with Gasteiger partial charge in [0, 0.05) is 17.3 Å². The van der Waals surface area contributed by atoms with E-state index < -0.39 is 0 Å². The van der Waals surface area contributed by atoms with Crippen LogP contribution in [0.4, 0.5) is 0 Å². The molecule has 0 spiro atoms. The van der Waals surface area contributed by atoms with E-state index in [1.54, 1.807) is 0 Å². The summed E-state index contributed by atoms with van der Waals surface area (Å²) in [6, 6.07) is 10.2. The Balaban J connectivity index is 1.69. The summed E-state index contributed by atoms with van der Waals surface area (Å²) in [6.07, 6.45) is 0. The van der Waals surface area contributed by atoms with E-state index in [9.17, 15) is 0 Å². The molecule has 1 aromatic carbocycles. The zero-order valence-electron chi connectivity index (χ0n) is 14.1. The summed E-state index contributed by atoms with van der Waals surface area (Å²) < 4.78 is 11.2. The van der Waals surface area contributed by atoms with Crippen molar-refractivity contribution in [3.05, 3.63) is 36.1 Å². The molecule has 2 N–H and O–H groups in total. The van der Waals surface area contributed by atoms with E-state index in [1.165, 1.54) is 0 Å². The number of rotatable bonds is 5. The molecule has 5 heteroatoms. The van der Waals surface area contributed by atoms with E-state index in [1.807, 2.05) is 18.2 Å². The van der Waals surface area contributed by atoms with Crippen LogP contribution in [-0.4, -0.2) is 32.3 Å². The summed E-state index contributed by atoms with van der Waals surface area (Å²) in [5.41, 5.74) is 1.09. The molecule has 5 nitrogen and oxygen atoms in total. The average molecular weight is 315 g/mol. The number of nitrogens with one attached hydrogen (secondary N) is 2. The number of fused-ring (bicyclic) bond motifs is 1.